The Kier molecular flexibility index (Phi) is 9.38. The van der Waals surface area contributed by atoms with Gasteiger partial charge in [0.2, 0.25) is 0 Å². The van der Waals surface area contributed by atoms with Crippen molar-refractivity contribution in [1.29, 1.82) is 0 Å². The van der Waals surface area contributed by atoms with E-state index in [1.807, 2.05) is 0 Å². The van der Waals surface area contributed by atoms with Crippen LogP contribution in [0.15, 0.2) is 0 Å². The average Bonchev–Trinajstić information content (AvgIpc) is 2.54. The van der Waals surface area contributed by atoms with Gasteiger partial charge < -0.3 is 5.11 Å². The van der Waals surface area contributed by atoms with Crippen LogP contribution < -0.4 is 0 Å². The molecule has 1 heterocycles. The lowest BCUT2D eigenvalue weighted by atomic mass is 10.1. The van der Waals surface area contributed by atoms with Crippen LogP contribution in [0.1, 0.15) is 66.2 Å². The number of aliphatic hydroxyl groups excluding tert-OH is 1. The average molecular weight is 349 g/mol. The molecule has 0 aromatic heterocycles. The van der Waals surface area contributed by atoms with Crippen molar-refractivity contribution < 1.29 is 5.11 Å². The van der Waals surface area contributed by atoms with E-state index in [1.165, 1.54) is 55.3 Å². The molecule has 0 spiro atoms. The summed E-state index contributed by atoms with van der Waals surface area (Å²) in [4.78, 5) is 0. The molecule has 0 saturated carbocycles. The van der Waals surface area contributed by atoms with Gasteiger partial charge in [0.1, 0.15) is 0 Å². The van der Waals surface area contributed by atoms with Gasteiger partial charge in [0, 0.05) is 0 Å². The highest BCUT2D eigenvalue weighted by atomic mass is 32.2. The molecule has 1 rings (SSSR count). The Hall–Kier alpha value is 0.877. The first kappa shape index (κ1) is 19.9. The van der Waals surface area contributed by atoms with Crippen molar-refractivity contribution in [3.05, 3.63) is 0 Å². The van der Waals surface area contributed by atoms with Gasteiger partial charge in [-0.2, -0.15) is 0 Å². The molecule has 21 heavy (non-hydrogen) atoms. The first-order valence-electron chi connectivity index (χ1n) is 9.05. The van der Waals surface area contributed by atoms with E-state index >= 15 is 0 Å². The Bertz CT molecular complexity index is 268. The molecule has 1 aliphatic rings. The van der Waals surface area contributed by atoms with E-state index in [1.54, 1.807) is 0 Å². The lowest BCUT2D eigenvalue weighted by Crippen LogP contribution is -2.54. The minimum Gasteiger partial charge on any atom is -0.393 e. The summed E-state index contributed by atoms with van der Waals surface area (Å²) in [5.74, 6) is 2.68. The van der Waals surface area contributed by atoms with Crippen LogP contribution in [0, 0.1) is 0 Å². The minimum atomic E-state index is -1.25. The standard InChI is InChI=1S/C17H36OS2Si/c1-5-9-11-16(18)12-13-17(19-14-10-15-20-17)21(6-2,7-3)8-4/h16,18H,5-15H2,1-4H3. The van der Waals surface area contributed by atoms with E-state index < -0.39 is 8.07 Å². The van der Waals surface area contributed by atoms with Gasteiger partial charge in [0.15, 0.2) is 0 Å². The third kappa shape index (κ3) is 4.92. The highest BCUT2D eigenvalue weighted by molar-refractivity contribution is 8.21. The predicted molar refractivity (Wildman–Crippen MR) is 104 cm³/mol. The minimum absolute atomic E-state index is 0.0674. The second-order valence-corrected chi connectivity index (χ2v) is 15.8. The summed E-state index contributed by atoms with van der Waals surface area (Å²) in [5.41, 5.74) is 0. The fourth-order valence-corrected chi connectivity index (χ4v) is 16.0. The van der Waals surface area contributed by atoms with E-state index in [0.29, 0.717) is 3.70 Å². The maximum absolute atomic E-state index is 10.3. The van der Waals surface area contributed by atoms with Crippen LogP contribution in [0.4, 0.5) is 0 Å². The van der Waals surface area contributed by atoms with Crippen molar-refractivity contribution in [2.75, 3.05) is 11.5 Å². The number of hydrogen-bond acceptors (Lipinski definition) is 3. The molecule has 0 aromatic carbocycles. The Labute approximate surface area is 142 Å². The molecule has 0 amide bonds. The van der Waals surface area contributed by atoms with Crippen LogP contribution in [-0.4, -0.2) is 34.5 Å². The molecule has 0 bridgehead atoms. The summed E-state index contributed by atoms with van der Waals surface area (Å²) >= 11 is 4.54. The molecule has 1 N–H and O–H groups in total. The summed E-state index contributed by atoms with van der Waals surface area (Å²) in [5, 5.41) is 10.3. The maximum Gasteiger partial charge on any atom is 0.0835 e. The number of hydrogen-bond donors (Lipinski definition) is 1. The Morgan fingerprint density at radius 2 is 1.57 bits per heavy atom. The van der Waals surface area contributed by atoms with E-state index in [-0.39, 0.29) is 6.10 Å². The zero-order valence-corrected chi connectivity index (χ0v) is 17.3. The highest BCUT2D eigenvalue weighted by Gasteiger charge is 2.51. The lowest BCUT2D eigenvalue weighted by molar-refractivity contribution is 0.149. The van der Waals surface area contributed by atoms with Crippen molar-refractivity contribution in [3.8, 4) is 0 Å². The van der Waals surface area contributed by atoms with Crippen molar-refractivity contribution in [2.45, 2.75) is 94.2 Å². The van der Waals surface area contributed by atoms with Gasteiger partial charge in [-0.3, -0.25) is 0 Å². The van der Waals surface area contributed by atoms with Crippen molar-refractivity contribution >= 4 is 31.6 Å². The largest absolute Gasteiger partial charge is 0.393 e. The predicted octanol–water partition coefficient (Wildman–Crippen LogP) is 5.93. The van der Waals surface area contributed by atoms with Gasteiger partial charge in [-0.15, -0.1) is 23.5 Å². The number of aliphatic hydroxyl groups is 1. The second-order valence-electron chi connectivity index (χ2n) is 6.48. The van der Waals surface area contributed by atoms with Crippen molar-refractivity contribution in [1.82, 2.24) is 0 Å². The van der Waals surface area contributed by atoms with Crippen LogP contribution >= 0.6 is 23.5 Å². The van der Waals surface area contributed by atoms with E-state index in [2.05, 4.69) is 51.2 Å². The monoisotopic (exact) mass is 348 g/mol. The van der Waals surface area contributed by atoms with Crippen molar-refractivity contribution in [2.24, 2.45) is 0 Å². The summed E-state index contributed by atoms with van der Waals surface area (Å²) in [6, 6.07) is 4.22. The molecule has 1 nitrogen and oxygen atoms in total. The lowest BCUT2D eigenvalue weighted by Gasteiger charge is -2.50. The molecular formula is C17H36OS2Si. The topological polar surface area (TPSA) is 20.2 Å². The highest BCUT2D eigenvalue weighted by Crippen LogP contribution is 2.55. The number of rotatable bonds is 10. The Morgan fingerprint density at radius 1 is 1.00 bits per heavy atom. The molecule has 1 saturated heterocycles. The first-order chi connectivity index (χ1) is 10.1. The fraction of sp³-hybridized carbons (Fsp3) is 1.00. The zero-order valence-electron chi connectivity index (χ0n) is 14.6. The number of thioether (sulfide) groups is 2. The zero-order chi connectivity index (χ0) is 15.8. The molecule has 0 aliphatic carbocycles. The summed E-state index contributed by atoms with van der Waals surface area (Å²) in [6.07, 6.45) is 6.94. The molecule has 1 aliphatic heterocycles. The SMILES string of the molecule is CCCCC(O)CCC1([Si](CC)(CC)CC)SCCCS1. The first-order valence-corrected chi connectivity index (χ1v) is 13.6. The molecule has 0 aromatic rings. The van der Waals surface area contributed by atoms with Gasteiger partial charge in [0.05, 0.1) is 17.9 Å². The Balaban J connectivity index is 2.78. The summed E-state index contributed by atoms with van der Waals surface area (Å²) in [7, 11) is -1.25. The molecule has 1 atom stereocenters. The molecular weight excluding hydrogens is 312 g/mol. The van der Waals surface area contributed by atoms with Crippen molar-refractivity contribution in [3.63, 3.8) is 0 Å². The van der Waals surface area contributed by atoms with E-state index in [0.717, 1.165) is 12.8 Å². The smallest absolute Gasteiger partial charge is 0.0835 e. The van der Waals surface area contributed by atoms with Gasteiger partial charge in [-0.1, -0.05) is 58.7 Å². The third-order valence-corrected chi connectivity index (χ3v) is 17.9. The Morgan fingerprint density at radius 3 is 2.05 bits per heavy atom. The normalized spacial score (nSPS) is 20.4. The van der Waals surface area contributed by atoms with Crippen LogP contribution in [0.2, 0.25) is 18.1 Å². The van der Waals surface area contributed by atoms with Crippen LogP contribution in [-0.2, 0) is 0 Å². The molecule has 1 unspecified atom stereocenters. The van der Waals surface area contributed by atoms with Gasteiger partial charge in [-0.05, 0) is 37.2 Å². The number of unbranched alkanes of at least 4 members (excludes halogenated alkanes) is 1. The molecule has 4 heteroatoms. The fourth-order valence-electron chi connectivity index (χ4n) is 3.79. The van der Waals surface area contributed by atoms with Gasteiger partial charge >= 0.3 is 0 Å². The van der Waals surface area contributed by atoms with Crippen LogP contribution in [0.5, 0.6) is 0 Å². The van der Waals surface area contributed by atoms with E-state index in [9.17, 15) is 5.11 Å². The maximum atomic E-state index is 10.3. The molecule has 1 fully saturated rings. The molecule has 126 valence electrons. The van der Waals surface area contributed by atoms with Crippen LogP contribution in [0.3, 0.4) is 0 Å². The molecule has 0 radical (unpaired) electrons. The van der Waals surface area contributed by atoms with Crippen LogP contribution in [0.25, 0.3) is 0 Å². The second kappa shape index (κ2) is 9.89. The van der Waals surface area contributed by atoms with Gasteiger partial charge in [0.25, 0.3) is 0 Å². The summed E-state index contributed by atoms with van der Waals surface area (Å²) in [6.45, 7) is 9.52. The van der Waals surface area contributed by atoms with Gasteiger partial charge in [-0.25, -0.2) is 0 Å². The summed E-state index contributed by atoms with van der Waals surface area (Å²) < 4.78 is 0.483. The quantitative estimate of drug-likeness (QED) is 0.494. The van der Waals surface area contributed by atoms with E-state index in [4.69, 9.17) is 0 Å². The third-order valence-electron chi connectivity index (χ3n) is 5.50.